The van der Waals surface area contributed by atoms with Crippen LogP contribution in [0.2, 0.25) is 0 Å². The van der Waals surface area contributed by atoms with E-state index < -0.39 is 15.9 Å². The molecule has 0 aromatic rings. The lowest BCUT2D eigenvalue weighted by molar-refractivity contribution is 0.0704. The molecule has 1 N–H and O–H groups in total. The summed E-state index contributed by atoms with van der Waals surface area (Å²) in [5.41, 5.74) is 0. The molecule has 5 heteroatoms. The van der Waals surface area contributed by atoms with E-state index in [0.29, 0.717) is 6.04 Å². The highest BCUT2D eigenvalue weighted by Gasteiger charge is 2.39. The molecular weight excluding hydrogens is 214 g/mol. The highest BCUT2D eigenvalue weighted by atomic mass is 32.2. The van der Waals surface area contributed by atoms with Crippen LogP contribution in [0.25, 0.3) is 0 Å². The zero-order valence-electron chi connectivity index (χ0n) is 9.68. The fraction of sp³-hybridized carbons (Fsp3) is 1.00. The fourth-order valence-corrected chi connectivity index (χ4v) is 4.19. The summed E-state index contributed by atoms with van der Waals surface area (Å²) in [5.74, 6) is 0.0172. The SMILES string of the molecule is CCC(CC)N(C)C1CS(=O)(=O)CC1O. The number of nitrogens with zero attached hydrogens (tertiary/aromatic N) is 1. The fourth-order valence-electron chi connectivity index (χ4n) is 2.33. The van der Waals surface area contributed by atoms with Crippen LogP contribution >= 0.6 is 0 Å². The summed E-state index contributed by atoms with van der Waals surface area (Å²) >= 11 is 0. The van der Waals surface area contributed by atoms with Crippen LogP contribution in [0.5, 0.6) is 0 Å². The summed E-state index contributed by atoms with van der Waals surface area (Å²) in [6, 6.07) is 0.137. The molecule has 1 aliphatic rings. The number of sulfone groups is 1. The normalized spacial score (nSPS) is 30.3. The minimum Gasteiger partial charge on any atom is -0.390 e. The third-order valence-corrected chi connectivity index (χ3v) is 5.03. The van der Waals surface area contributed by atoms with Crippen molar-refractivity contribution in [3.05, 3.63) is 0 Å². The predicted octanol–water partition coefficient (Wildman–Crippen LogP) is 0.265. The topological polar surface area (TPSA) is 57.6 Å². The molecule has 90 valence electrons. The molecular formula is C10H21NO3S. The number of rotatable bonds is 4. The minimum atomic E-state index is -3.03. The Kier molecular flexibility index (Phi) is 4.14. The van der Waals surface area contributed by atoms with Gasteiger partial charge in [-0.15, -0.1) is 0 Å². The van der Waals surface area contributed by atoms with Crippen molar-refractivity contribution in [2.45, 2.75) is 44.9 Å². The van der Waals surface area contributed by atoms with Crippen LogP contribution in [0.15, 0.2) is 0 Å². The molecule has 1 aliphatic heterocycles. The average Bonchev–Trinajstić information content (AvgIpc) is 2.41. The molecule has 2 atom stereocenters. The van der Waals surface area contributed by atoms with Gasteiger partial charge >= 0.3 is 0 Å². The lowest BCUT2D eigenvalue weighted by Gasteiger charge is -2.32. The number of hydrogen-bond acceptors (Lipinski definition) is 4. The monoisotopic (exact) mass is 235 g/mol. The second kappa shape index (κ2) is 4.80. The van der Waals surface area contributed by atoms with E-state index in [0.717, 1.165) is 12.8 Å². The summed E-state index contributed by atoms with van der Waals surface area (Å²) in [6.45, 7) is 4.17. The van der Waals surface area contributed by atoms with Crippen LogP contribution < -0.4 is 0 Å². The Morgan fingerprint density at radius 2 is 1.87 bits per heavy atom. The maximum Gasteiger partial charge on any atom is 0.154 e. The Balaban J connectivity index is 2.72. The largest absolute Gasteiger partial charge is 0.390 e. The van der Waals surface area contributed by atoms with Crippen molar-refractivity contribution >= 4 is 9.84 Å². The molecule has 0 spiro atoms. The van der Waals surface area contributed by atoms with E-state index in [-0.39, 0.29) is 17.5 Å². The van der Waals surface area contributed by atoms with Crippen molar-refractivity contribution in [3.8, 4) is 0 Å². The van der Waals surface area contributed by atoms with E-state index in [1.54, 1.807) is 0 Å². The third kappa shape index (κ3) is 2.92. The van der Waals surface area contributed by atoms with Gasteiger partial charge in [-0.25, -0.2) is 8.42 Å². The van der Waals surface area contributed by atoms with E-state index in [1.165, 1.54) is 0 Å². The molecule has 0 aromatic heterocycles. The molecule has 15 heavy (non-hydrogen) atoms. The number of aliphatic hydroxyl groups excluding tert-OH is 1. The first-order chi connectivity index (χ1) is 6.91. The second-order valence-corrected chi connectivity index (χ2v) is 6.50. The van der Waals surface area contributed by atoms with Gasteiger partial charge in [-0.05, 0) is 19.9 Å². The van der Waals surface area contributed by atoms with Gasteiger partial charge in [0, 0.05) is 6.04 Å². The van der Waals surface area contributed by atoms with Gasteiger partial charge in [0.1, 0.15) is 0 Å². The van der Waals surface area contributed by atoms with Crippen molar-refractivity contribution in [2.24, 2.45) is 0 Å². The van der Waals surface area contributed by atoms with Crippen LogP contribution in [-0.2, 0) is 9.84 Å². The highest BCUT2D eigenvalue weighted by Crippen LogP contribution is 2.21. The molecule has 1 fully saturated rings. The van der Waals surface area contributed by atoms with Crippen molar-refractivity contribution in [3.63, 3.8) is 0 Å². The van der Waals surface area contributed by atoms with E-state index in [2.05, 4.69) is 13.8 Å². The zero-order chi connectivity index (χ0) is 11.6. The van der Waals surface area contributed by atoms with Crippen LogP contribution in [-0.4, -0.2) is 55.2 Å². The standard InChI is InChI=1S/C10H21NO3S/c1-4-8(5-2)11(3)9-6-15(13,14)7-10(9)12/h8-10,12H,4-7H2,1-3H3. The van der Waals surface area contributed by atoms with Crippen LogP contribution in [0, 0.1) is 0 Å². The van der Waals surface area contributed by atoms with Gasteiger partial charge < -0.3 is 5.11 Å². The molecule has 0 saturated carbocycles. The molecule has 1 saturated heterocycles. The average molecular weight is 235 g/mol. The number of aliphatic hydroxyl groups is 1. The van der Waals surface area contributed by atoms with Gasteiger partial charge in [-0.2, -0.15) is 0 Å². The van der Waals surface area contributed by atoms with Gasteiger partial charge in [0.25, 0.3) is 0 Å². The predicted molar refractivity (Wildman–Crippen MR) is 60.6 cm³/mol. The first kappa shape index (κ1) is 12.9. The molecule has 0 aromatic carbocycles. The Morgan fingerprint density at radius 3 is 2.20 bits per heavy atom. The molecule has 1 rings (SSSR count). The summed E-state index contributed by atoms with van der Waals surface area (Å²) in [7, 11) is -1.12. The summed E-state index contributed by atoms with van der Waals surface area (Å²) in [6.07, 6.45) is 1.24. The third-order valence-electron chi connectivity index (χ3n) is 3.34. The molecule has 0 amide bonds. The molecule has 1 heterocycles. The van der Waals surface area contributed by atoms with Gasteiger partial charge in [-0.3, -0.25) is 4.90 Å². The Labute approximate surface area is 92.2 Å². The van der Waals surface area contributed by atoms with Gasteiger partial charge in [0.2, 0.25) is 0 Å². The molecule has 0 radical (unpaired) electrons. The summed E-state index contributed by atoms with van der Waals surface area (Å²) in [5, 5.41) is 9.71. The van der Waals surface area contributed by atoms with Crippen molar-refractivity contribution in [2.75, 3.05) is 18.6 Å². The molecule has 0 aliphatic carbocycles. The van der Waals surface area contributed by atoms with E-state index in [4.69, 9.17) is 0 Å². The highest BCUT2D eigenvalue weighted by molar-refractivity contribution is 7.91. The maximum absolute atomic E-state index is 11.4. The van der Waals surface area contributed by atoms with Gasteiger partial charge in [0.05, 0.1) is 23.7 Å². The van der Waals surface area contributed by atoms with E-state index in [1.807, 2.05) is 11.9 Å². The molecule has 0 bridgehead atoms. The minimum absolute atomic E-state index is 0.0812. The summed E-state index contributed by atoms with van der Waals surface area (Å²) < 4.78 is 22.7. The van der Waals surface area contributed by atoms with E-state index in [9.17, 15) is 13.5 Å². The number of hydrogen-bond donors (Lipinski definition) is 1. The van der Waals surface area contributed by atoms with Crippen LogP contribution in [0.4, 0.5) is 0 Å². The summed E-state index contributed by atoms with van der Waals surface area (Å²) in [4.78, 5) is 2.02. The van der Waals surface area contributed by atoms with Crippen molar-refractivity contribution < 1.29 is 13.5 Å². The van der Waals surface area contributed by atoms with Gasteiger partial charge in [0.15, 0.2) is 9.84 Å². The Hall–Kier alpha value is -0.130. The van der Waals surface area contributed by atoms with E-state index >= 15 is 0 Å². The lowest BCUT2D eigenvalue weighted by atomic mass is 10.1. The number of likely N-dealkylation sites (N-methyl/N-ethyl adjacent to an activating group) is 1. The Morgan fingerprint density at radius 1 is 1.33 bits per heavy atom. The van der Waals surface area contributed by atoms with Crippen molar-refractivity contribution in [1.82, 2.24) is 4.90 Å². The van der Waals surface area contributed by atoms with Crippen LogP contribution in [0.1, 0.15) is 26.7 Å². The van der Waals surface area contributed by atoms with Crippen molar-refractivity contribution in [1.29, 1.82) is 0 Å². The molecule has 4 nitrogen and oxygen atoms in total. The smallest absolute Gasteiger partial charge is 0.154 e. The quantitative estimate of drug-likeness (QED) is 0.759. The first-order valence-corrected chi connectivity index (χ1v) is 7.33. The second-order valence-electron chi connectivity index (χ2n) is 4.35. The molecule has 2 unspecified atom stereocenters. The van der Waals surface area contributed by atoms with Gasteiger partial charge in [-0.1, -0.05) is 13.8 Å². The maximum atomic E-state index is 11.4. The Bertz CT molecular complexity index is 298. The zero-order valence-corrected chi connectivity index (χ0v) is 10.5. The first-order valence-electron chi connectivity index (χ1n) is 5.51. The van der Waals surface area contributed by atoms with Crippen LogP contribution in [0.3, 0.4) is 0 Å². The lowest BCUT2D eigenvalue weighted by Crippen LogP contribution is -2.45.